The quantitative estimate of drug-likeness (QED) is 0.607. The molecule has 0 aromatic heterocycles. The highest BCUT2D eigenvalue weighted by Gasteiger charge is 2.16. The molecule has 0 saturated heterocycles. The highest BCUT2D eigenvalue weighted by molar-refractivity contribution is 7.99. The number of nitrogens with one attached hydrogen (secondary N) is 1. The maximum absolute atomic E-state index is 9.41. The van der Waals surface area contributed by atoms with E-state index in [0.29, 0.717) is 5.75 Å². The summed E-state index contributed by atoms with van der Waals surface area (Å²) in [6, 6.07) is 5.89. The van der Waals surface area contributed by atoms with Gasteiger partial charge < -0.3 is 25.0 Å². The molecule has 5 nitrogen and oxygen atoms in total. The number of thioether (sulfide) groups is 1. The van der Waals surface area contributed by atoms with Crippen LogP contribution in [0.4, 0.5) is 0 Å². The van der Waals surface area contributed by atoms with Crippen molar-refractivity contribution in [2.75, 3.05) is 38.9 Å². The first-order valence-electron chi connectivity index (χ1n) is 6.98. The molecule has 2 atom stereocenters. The number of aliphatic hydroxyl groups excluding tert-OH is 2. The second-order valence-electron chi connectivity index (χ2n) is 4.59. The Morgan fingerprint density at radius 1 is 1.24 bits per heavy atom. The highest BCUT2D eigenvalue weighted by atomic mass is 32.2. The highest BCUT2D eigenvalue weighted by Crippen LogP contribution is 2.31. The summed E-state index contributed by atoms with van der Waals surface area (Å²) >= 11 is 1.60. The van der Waals surface area contributed by atoms with Gasteiger partial charge >= 0.3 is 0 Å². The summed E-state index contributed by atoms with van der Waals surface area (Å²) in [6.07, 6.45) is -0.671. The molecule has 0 amide bonds. The van der Waals surface area contributed by atoms with Crippen LogP contribution in [-0.2, 0) is 0 Å². The van der Waals surface area contributed by atoms with Gasteiger partial charge in [-0.15, -0.1) is 0 Å². The zero-order chi connectivity index (χ0) is 15.7. The zero-order valence-corrected chi connectivity index (χ0v) is 13.7. The van der Waals surface area contributed by atoms with Crippen LogP contribution in [0.2, 0.25) is 0 Å². The standard InChI is InChI=1S/C15H25NO4S/c1-4-16-14(10-21-9-11(18)8-17)13-6-5-12(19-2)7-15(13)20-3/h5-7,11,14,16-18H,4,8-10H2,1-3H3. The molecule has 1 aromatic rings. The van der Waals surface area contributed by atoms with Crippen LogP contribution in [0.15, 0.2) is 18.2 Å². The molecule has 6 heteroatoms. The van der Waals surface area contributed by atoms with Crippen molar-refractivity contribution in [2.24, 2.45) is 0 Å². The van der Waals surface area contributed by atoms with E-state index in [9.17, 15) is 5.11 Å². The average Bonchev–Trinajstić information content (AvgIpc) is 2.53. The number of hydrogen-bond acceptors (Lipinski definition) is 6. The smallest absolute Gasteiger partial charge is 0.127 e. The first-order valence-corrected chi connectivity index (χ1v) is 8.13. The molecule has 1 rings (SSSR count). The number of ether oxygens (including phenoxy) is 2. The van der Waals surface area contributed by atoms with Gasteiger partial charge in [-0.05, 0) is 12.6 Å². The molecule has 0 fully saturated rings. The van der Waals surface area contributed by atoms with Crippen LogP contribution in [0.25, 0.3) is 0 Å². The van der Waals surface area contributed by atoms with Crippen LogP contribution >= 0.6 is 11.8 Å². The molecule has 120 valence electrons. The summed E-state index contributed by atoms with van der Waals surface area (Å²) in [7, 11) is 3.27. The Kier molecular flexibility index (Phi) is 8.52. The minimum absolute atomic E-state index is 0.117. The number of aliphatic hydroxyl groups is 2. The summed E-state index contributed by atoms with van der Waals surface area (Å²) in [5.41, 5.74) is 1.06. The second kappa shape index (κ2) is 9.89. The summed E-state index contributed by atoms with van der Waals surface area (Å²) in [5.74, 6) is 2.84. The van der Waals surface area contributed by atoms with Crippen molar-refractivity contribution in [3.8, 4) is 11.5 Å². The first-order chi connectivity index (χ1) is 10.2. The fraction of sp³-hybridized carbons (Fsp3) is 0.600. The van der Waals surface area contributed by atoms with Crippen molar-refractivity contribution < 1.29 is 19.7 Å². The van der Waals surface area contributed by atoms with E-state index < -0.39 is 6.10 Å². The van der Waals surface area contributed by atoms with E-state index in [2.05, 4.69) is 12.2 Å². The lowest BCUT2D eigenvalue weighted by atomic mass is 10.1. The summed E-state index contributed by atoms with van der Waals surface area (Å²) in [5, 5.41) is 21.7. The number of hydrogen-bond donors (Lipinski definition) is 3. The summed E-state index contributed by atoms with van der Waals surface area (Å²) in [6.45, 7) is 2.68. The van der Waals surface area contributed by atoms with E-state index >= 15 is 0 Å². The minimum Gasteiger partial charge on any atom is -0.497 e. The van der Waals surface area contributed by atoms with Crippen molar-refractivity contribution in [1.29, 1.82) is 0 Å². The molecule has 0 spiro atoms. The maximum Gasteiger partial charge on any atom is 0.127 e. The van der Waals surface area contributed by atoms with Crippen molar-refractivity contribution >= 4 is 11.8 Å². The van der Waals surface area contributed by atoms with Gasteiger partial charge in [0.25, 0.3) is 0 Å². The van der Waals surface area contributed by atoms with Crippen LogP contribution in [0.5, 0.6) is 11.5 Å². The van der Waals surface area contributed by atoms with Crippen LogP contribution in [-0.4, -0.2) is 55.2 Å². The van der Waals surface area contributed by atoms with Gasteiger partial charge in [0.15, 0.2) is 0 Å². The Balaban J connectivity index is 2.79. The van der Waals surface area contributed by atoms with E-state index in [0.717, 1.165) is 29.4 Å². The molecule has 3 N–H and O–H groups in total. The average molecular weight is 315 g/mol. The molecule has 2 unspecified atom stereocenters. The topological polar surface area (TPSA) is 71.0 Å². The Bertz CT molecular complexity index is 417. The fourth-order valence-corrected chi connectivity index (χ4v) is 3.03. The third-order valence-electron chi connectivity index (χ3n) is 3.07. The van der Waals surface area contributed by atoms with Crippen molar-refractivity contribution in [1.82, 2.24) is 5.32 Å². The van der Waals surface area contributed by atoms with Crippen LogP contribution < -0.4 is 14.8 Å². The molecule has 1 aromatic carbocycles. The van der Waals surface area contributed by atoms with Crippen molar-refractivity contribution in [3.05, 3.63) is 23.8 Å². The van der Waals surface area contributed by atoms with Gasteiger partial charge in [-0.2, -0.15) is 11.8 Å². The number of methoxy groups -OCH3 is 2. The van der Waals surface area contributed by atoms with E-state index in [1.54, 1.807) is 26.0 Å². The summed E-state index contributed by atoms with van der Waals surface area (Å²) < 4.78 is 10.7. The fourth-order valence-electron chi connectivity index (χ4n) is 1.99. The van der Waals surface area contributed by atoms with Gasteiger partial charge in [-0.25, -0.2) is 0 Å². The summed E-state index contributed by atoms with van der Waals surface area (Å²) in [4.78, 5) is 0. The van der Waals surface area contributed by atoms with Crippen molar-refractivity contribution in [3.63, 3.8) is 0 Å². The molecule has 0 heterocycles. The molecular weight excluding hydrogens is 290 g/mol. The molecule has 0 aliphatic carbocycles. The third-order valence-corrected chi connectivity index (χ3v) is 4.26. The van der Waals surface area contributed by atoms with Gasteiger partial charge in [0.05, 0.1) is 26.9 Å². The van der Waals surface area contributed by atoms with E-state index in [-0.39, 0.29) is 12.6 Å². The minimum atomic E-state index is -0.671. The predicted octanol–water partition coefficient (Wildman–Crippen LogP) is 1.44. The monoisotopic (exact) mass is 315 g/mol. The lowest BCUT2D eigenvalue weighted by Gasteiger charge is -2.21. The predicted molar refractivity (Wildman–Crippen MR) is 86.4 cm³/mol. The molecule has 0 radical (unpaired) electrons. The Morgan fingerprint density at radius 3 is 2.57 bits per heavy atom. The normalized spacial score (nSPS) is 13.8. The van der Waals surface area contributed by atoms with E-state index in [1.807, 2.05) is 18.2 Å². The molecule has 0 saturated carbocycles. The van der Waals surface area contributed by atoms with Gasteiger partial charge in [0.1, 0.15) is 11.5 Å². The SMILES string of the molecule is CCNC(CSCC(O)CO)c1ccc(OC)cc1OC. The number of rotatable bonds is 10. The molecular formula is C15H25NO4S. The first kappa shape index (κ1) is 18.1. The lowest BCUT2D eigenvalue weighted by Crippen LogP contribution is -2.24. The second-order valence-corrected chi connectivity index (χ2v) is 5.67. The molecule has 0 bridgehead atoms. The van der Waals surface area contributed by atoms with Crippen LogP contribution in [0.1, 0.15) is 18.5 Å². The van der Waals surface area contributed by atoms with Gasteiger partial charge in [0, 0.05) is 29.2 Å². The van der Waals surface area contributed by atoms with Crippen molar-refractivity contribution in [2.45, 2.75) is 19.1 Å². The third kappa shape index (κ3) is 5.74. The Hall–Kier alpha value is -0.950. The molecule has 21 heavy (non-hydrogen) atoms. The molecule has 0 aliphatic heterocycles. The largest absolute Gasteiger partial charge is 0.497 e. The molecule has 0 aliphatic rings. The maximum atomic E-state index is 9.41. The number of benzene rings is 1. The van der Waals surface area contributed by atoms with Crippen LogP contribution in [0.3, 0.4) is 0 Å². The van der Waals surface area contributed by atoms with Gasteiger partial charge in [-0.1, -0.05) is 13.0 Å². The van der Waals surface area contributed by atoms with Gasteiger partial charge in [-0.3, -0.25) is 0 Å². The lowest BCUT2D eigenvalue weighted by molar-refractivity contribution is 0.113. The zero-order valence-electron chi connectivity index (χ0n) is 12.8. The Labute approximate surface area is 130 Å². The van der Waals surface area contributed by atoms with E-state index in [4.69, 9.17) is 14.6 Å². The van der Waals surface area contributed by atoms with Gasteiger partial charge in [0.2, 0.25) is 0 Å². The van der Waals surface area contributed by atoms with Crippen LogP contribution in [0, 0.1) is 0 Å². The Morgan fingerprint density at radius 2 is 2.00 bits per heavy atom. The van der Waals surface area contributed by atoms with E-state index in [1.165, 1.54) is 0 Å².